The van der Waals surface area contributed by atoms with Crippen molar-refractivity contribution in [1.82, 2.24) is 5.32 Å². The van der Waals surface area contributed by atoms with Crippen LogP contribution in [0.15, 0.2) is 0 Å². The van der Waals surface area contributed by atoms with Crippen molar-refractivity contribution in [2.45, 2.75) is 58.1 Å². The van der Waals surface area contributed by atoms with E-state index in [1.807, 2.05) is 20.8 Å². The second-order valence-corrected chi connectivity index (χ2v) is 5.91. The highest BCUT2D eigenvalue weighted by Crippen LogP contribution is 2.25. The van der Waals surface area contributed by atoms with Gasteiger partial charge in [0.15, 0.2) is 0 Å². The summed E-state index contributed by atoms with van der Waals surface area (Å²) in [5.74, 6) is 0.118. The smallest absolute Gasteiger partial charge is 0.408 e. The molecule has 18 heavy (non-hydrogen) atoms. The molecule has 0 radical (unpaired) electrons. The van der Waals surface area contributed by atoms with E-state index < -0.39 is 17.2 Å². The lowest BCUT2D eigenvalue weighted by molar-refractivity contribution is -0.117. The van der Waals surface area contributed by atoms with Crippen LogP contribution in [0.25, 0.3) is 0 Å². The molecule has 1 fully saturated rings. The molecule has 5 nitrogen and oxygen atoms in total. The quantitative estimate of drug-likeness (QED) is 0.837. The highest BCUT2D eigenvalue weighted by molar-refractivity contribution is 5.75. The van der Waals surface area contributed by atoms with Crippen molar-refractivity contribution in [3.8, 4) is 0 Å². The summed E-state index contributed by atoms with van der Waals surface area (Å²) >= 11 is 0. The summed E-state index contributed by atoms with van der Waals surface area (Å²) in [5, 5.41) is 2.87. The minimum absolute atomic E-state index is 0.118. The van der Waals surface area contributed by atoms with E-state index in [1.54, 1.807) is 6.92 Å². The third kappa shape index (κ3) is 5.04. The van der Waals surface area contributed by atoms with E-state index in [0.29, 0.717) is 26.1 Å². The van der Waals surface area contributed by atoms with Crippen LogP contribution in [0.1, 0.15) is 47.0 Å². The molecule has 1 saturated heterocycles. The molecule has 0 aliphatic carbocycles. The Labute approximate surface area is 108 Å². The molecule has 0 saturated carbocycles. The minimum atomic E-state index is -0.523. The molecule has 1 aliphatic heterocycles. The minimum Gasteiger partial charge on any atom is -0.444 e. The molecule has 0 aromatic rings. The standard InChI is InChI=1S/C13H23NO4/c1-10(15)5-6-13(7-8-17-9-13)14-11(16)18-12(2,3)4/h5-9H2,1-4H3,(H,14,16). The summed E-state index contributed by atoms with van der Waals surface area (Å²) in [4.78, 5) is 22.9. The van der Waals surface area contributed by atoms with Crippen LogP contribution in [-0.2, 0) is 14.3 Å². The Morgan fingerprint density at radius 3 is 2.50 bits per heavy atom. The number of hydrogen-bond acceptors (Lipinski definition) is 4. The Morgan fingerprint density at radius 1 is 1.39 bits per heavy atom. The van der Waals surface area contributed by atoms with Gasteiger partial charge < -0.3 is 19.6 Å². The molecule has 1 amide bonds. The van der Waals surface area contributed by atoms with Gasteiger partial charge in [0.1, 0.15) is 11.4 Å². The highest BCUT2D eigenvalue weighted by Gasteiger charge is 2.37. The average molecular weight is 257 g/mol. The fraction of sp³-hybridized carbons (Fsp3) is 0.846. The zero-order valence-corrected chi connectivity index (χ0v) is 11.7. The van der Waals surface area contributed by atoms with E-state index in [9.17, 15) is 9.59 Å². The van der Waals surface area contributed by atoms with Gasteiger partial charge in [-0.15, -0.1) is 0 Å². The first-order valence-corrected chi connectivity index (χ1v) is 6.31. The Hall–Kier alpha value is -1.10. The zero-order chi connectivity index (χ0) is 13.8. The monoisotopic (exact) mass is 257 g/mol. The van der Waals surface area contributed by atoms with Crippen LogP contribution in [0, 0.1) is 0 Å². The SMILES string of the molecule is CC(=O)CCC1(NC(=O)OC(C)(C)C)CCOC1. The van der Waals surface area contributed by atoms with Gasteiger partial charge in [0.05, 0.1) is 12.1 Å². The second kappa shape index (κ2) is 5.69. The molecule has 1 heterocycles. The number of hydrogen-bond donors (Lipinski definition) is 1. The summed E-state index contributed by atoms with van der Waals surface area (Å²) in [5.41, 5.74) is -0.973. The van der Waals surface area contributed by atoms with E-state index >= 15 is 0 Å². The van der Waals surface area contributed by atoms with Crippen LogP contribution in [-0.4, -0.2) is 36.2 Å². The molecule has 0 bridgehead atoms. The van der Waals surface area contributed by atoms with Gasteiger partial charge in [0, 0.05) is 13.0 Å². The maximum absolute atomic E-state index is 11.8. The fourth-order valence-corrected chi connectivity index (χ4v) is 1.90. The van der Waals surface area contributed by atoms with Crippen LogP contribution in [0.4, 0.5) is 4.79 Å². The van der Waals surface area contributed by atoms with Crippen molar-refractivity contribution >= 4 is 11.9 Å². The number of ether oxygens (including phenoxy) is 2. The van der Waals surface area contributed by atoms with E-state index in [0.717, 1.165) is 6.42 Å². The lowest BCUT2D eigenvalue weighted by Crippen LogP contribution is -2.50. The van der Waals surface area contributed by atoms with Crippen LogP contribution in [0.3, 0.4) is 0 Å². The van der Waals surface area contributed by atoms with E-state index in [-0.39, 0.29) is 5.78 Å². The van der Waals surface area contributed by atoms with Crippen molar-refractivity contribution in [3.05, 3.63) is 0 Å². The van der Waals surface area contributed by atoms with Gasteiger partial charge in [-0.1, -0.05) is 0 Å². The molecule has 1 atom stereocenters. The maximum atomic E-state index is 11.8. The predicted molar refractivity (Wildman–Crippen MR) is 67.5 cm³/mol. The van der Waals surface area contributed by atoms with Crippen molar-refractivity contribution in [1.29, 1.82) is 0 Å². The number of Topliss-reactive ketones (excluding diaryl/α,β-unsaturated/α-hetero) is 1. The van der Waals surface area contributed by atoms with Gasteiger partial charge in [0.25, 0.3) is 0 Å². The molecule has 1 unspecified atom stereocenters. The second-order valence-electron chi connectivity index (χ2n) is 5.91. The summed E-state index contributed by atoms with van der Waals surface area (Å²) in [6, 6.07) is 0. The summed E-state index contributed by atoms with van der Waals surface area (Å²) in [6.45, 7) is 8.06. The summed E-state index contributed by atoms with van der Waals surface area (Å²) in [7, 11) is 0. The summed E-state index contributed by atoms with van der Waals surface area (Å²) < 4.78 is 10.6. The average Bonchev–Trinajstić information content (AvgIpc) is 2.61. The molecular weight excluding hydrogens is 234 g/mol. The van der Waals surface area contributed by atoms with Gasteiger partial charge in [-0.2, -0.15) is 0 Å². The molecule has 0 aromatic carbocycles. The third-order valence-electron chi connectivity index (χ3n) is 2.83. The zero-order valence-electron chi connectivity index (χ0n) is 11.7. The lowest BCUT2D eigenvalue weighted by atomic mass is 9.92. The summed E-state index contributed by atoms with van der Waals surface area (Å²) in [6.07, 6.45) is 1.32. The first-order valence-electron chi connectivity index (χ1n) is 6.31. The Kier molecular flexibility index (Phi) is 4.73. The van der Waals surface area contributed by atoms with Crippen molar-refractivity contribution < 1.29 is 19.1 Å². The molecule has 0 spiro atoms. The normalized spacial score (nSPS) is 23.8. The van der Waals surface area contributed by atoms with Gasteiger partial charge in [-0.05, 0) is 40.5 Å². The number of carbonyl (C=O) groups excluding carboxylic acids is 2. The maximum Gasteiger partial charge on any atom is 0.408 e. The Balaban J connectivity index is 2.57. The molecular formula is C13H23NO4. The molecule has 104 valence electrons. The number of alkyl carbamates (subject to hydrolysis) is 1. The lowest BCUT2D eigenvalue weighted by Gasteiger charge is -2.30. The van der Waals surface area contributed by atoms with E-state index in [2.05, 4.69) is 5.32 Å². The van der Waals surface area contributed by atoms with Crippen LogP contribution < -0.4 is 5.32 Å². The number of nitrogens with one attached hydrogen (secondary N) is 1. The predicted octanol–water partition coefficient (Wildman–Crippen LogP) is 2.04. The number of rotatable bonds is 4. The topological polar surface area (TPSA) is 64.6 Å². The van der Waals surface area contributed by atoms with Gasteiger partial charge in [-0.25, -0.2) is 4.79 Å². The fourth-order valence-electron chi connectivity index (χ4n) is 1.90. The highest BCUT2D eigenvalue weighted by atomic mass is 16.6. The van der Waals surface area contributed by atoms with Crippen LogP contribution in [0.2, 0.25) is 0 Å². The van der Waals surface area contributed by atoms with E-state index in [4.69, 9.17) is 9.47 Å². The van der Waals surface area contributed by atoms with Crippen LogP contribution >= 0.6 is 0 Å². The molecule has 1 rings (SSSR count). The van der Waals surface area contributed by atoms with Gasteiger partial charge in [-0.3, -0.25) is 0 Å². The first kappa shape index (κ1) is 15.0. The van der Waals surface area contributed by atoms with Crippen molar-refractivity contribution in [3.63, 3.8) is 0 Å². The molecule has 5 heteroatoms. The number of amides is 1. The van der Waals surface area contributed by atoms with Gasteiger partial charge in [0.2, 0.25) is 0 Å². The largest absolute Gasteiger partial charge is 0.444 e. The molecule has 1 N–H and O–H groups in total. The first-order chi connectivity index (χ1) is 8.22. The van der Waals surface area contributed by atoms with Crippen molar-refractivity contribution in [2.75, 3.05) is 13.2 Å². The van der Waals surface area contributed by atoms with E-state index in [1.165, 1.54) is 0 Å². The molecule has 0 aromatic heterocycles. The Bertz CT molecular complexity index is 313. The molecule has 1 aliphatic rings. The number of ketones is 1. The van der Waals surface area contributed by atoms with Crippen molar-refractivity contribution in [2.24, 2.45) is 0 Å². The Morgan fingerprint density at radius 2 is 2.06 bits per heavy atom. The third-order valence-corrected chi connectivity index (χ3v) is 2.83. The number of carbonyl (C=O) groups is 2. The van der Waals surface area contributed by atoms with Gasteiger partial charge >= 0.3 is 6.09 Å². The van der Waals surface area contributed by atoms with Crippen LogP contribution in [0.5, 0.6) is 0 Å².